The summed E-state index contributed by atoms with van der Waals surface area (Å²) in [5.41, 5.74) is -0.646. The SMILES string of the molecule is CC[C@@H](C(=O)OC)[C@@H](CCO[Si](c1ccccc1)(c1ccccc1)C(C)(C)C)NC(=O)OC(C)(C)C. The number of esters is 1. The van der Waals surface area contributed by atoms with Crippen molar-refractivity contribution in [1.82, 2.24) is 5.32 Å². The number of ether oxygens (including phenoxy) is 2. The minimum atomic E-state index is -2.73. The highest BCUT2D eigenvalue weighted by Crippen LogP contribution is 2.37. The van der Waals surface area contributed by atoms with Gasteiger partial charge in [-0.2, -0.15) is 0 Å². The Kier molecular flexibility index (Phi) is 10.3. The van der Waals surface area contributed by atoms with Gasteiger partial charge in [-0.15, -0.1) is 0 Å². The van der Waals surface area contributed by atoms with Crippen molar-refractivity contribution >= 4 is 30.8 Å². The van der Waals surface area contributed by atoms with Crippen molar-refractivity contribution in [2.45, 2.75) is 78.0 Å². The molecule has 0 aliphatic heterocycles. The molecule has 198 valence electrons. The van der Waals surface area contributed by atoms with E-state index < -0.39 is 32.0 Å². The molecule has 36 heavy (non-hydrogen) atoms. The van der Waals surface area contributed by atoms with Gasteiger partial charge in [0.2, 0.25) is 0 Å². The molecule has 0 bridgehead atoms. The Balaban J connectivity index is 2.41. The van der Waals surface area contributed by atoms with Crippen molar-refractivity contribution in [1.29, 1.82) is 0 Å². The standard InChI is InChI=1S/C29H43NO5Si/c1-9-24(26(31)33-8)25(30-27(32)35-28(2,3)4)20-21-34-36(29(5,6)7,22-16-12-10-13-17-22)23-18-14-11-15-19-23/h10-19,24-25H,9,20-21H2,1-8H3,(H,30,32)/t24-,25-/m1/s1. The van der Waals surface area contributed by atoms with Crippen molar-refractivity contribution in [3.8, 4) is 0 Å². The number of hydrogen-bond donors (Lipinski definition) is 1. The van der Waals surface area contributed by atoms with Crippen molar-refractivity contribution in [2.75, 3.05) is 13.7 Å². The van der Waals surface area contributed by atoms with Gasteiger partial charge in [0, 0.05) is 12.6 Å². The fourth-order valence-corrected chi connectivity index (χ4v) is 9.28. The van der Waals surface area contributed by atoms with E-state index in [1.54, 1.807) is 0 Å². The van der Waals surface area contributed by atoms with Crippen LogP contribution in [-0.2, 0) is 18.7 Å². The van der Waals surface area contributed by atoms with Crippen LogP contribution < -0.4 is 15.7 Å². The summed E-state index contributed by atoms with van der Waals surface area (Å²) in [6.07, 6.45) is 0.407. The van der Waals surface area contributed by atoms with E-state index >= 15 is 0 Å². The van der Waals surface area contributed by atoms with E-state index in [1.807, 2.05) is 64.1 Å². The van der Waals surface area contributed by atoms with Crippen LogP contribution in [0.1, 0.15) is 61.3 Å². The Morgan fingerprint density at radius 1 is 0.889 bits per heavy atom. The van der Waals surface area contributed by atoms with Gasteiger partial charge in [0.25, 0.3) is 8.32 Å². The third-order valence-electron chi connectivity index (χ3n) is 6.30. The number of hydrogen-bond acceptors (Lipinski definition) is 5. The van der Waals surface area contributed by atoms with E-state index in [-0.39, 0.29) is 11.0 Å². The van der Waals surface area contributed by atoms with Crippen LogP contribution >= 0.6 is 0 Å². The molecule has 7 heteroatoms. The molecule has 2 atom stereocenters. The summed E-state index contributed by atoms with van der Waals surface area (Å²) >= 11 is 0. The van der Waals surface area contributed by atoms with Crippen LogP contribution in [-0.4, -0.2) is 45.7 Å². The second kappa shape index (κ2) is 12.5. The Hall–Kier alpha value is -2.64. The summed E-state index contributed by atoms with van der Waals surface area (Å²) in [6, 6.07) is 20.3. The van der Waals surface area contributed by atoms with Crippen LogP contribution in [0.5, 0.6) is 0 Å². The van der Waals surface area contributed by atoms with Crippen LogP contribution in [0.3, 0.4) is 0 Å². The van der Waals surface area contributed by atoms with Gasteiger partial charge in [-0.3, -0.25) is 4.79 Å². The van der Waals surface area contributed by atoms with Crippen LogP contribution in [0.2, 0.25) is 5.04 Å². The van der Waals surface area contributed by atoms with Crippen molar-refractivity contribution in [2.24, 2.45) is 5.92 Å². The molecule has 2 aromatic carbocycles. The molecule has 0 spiro atoms. The van der Waals surface area contributed by atoms with Crippen LogP contribution in [0.15, 0.2) is 60.7 Å². The summed E-state index contributed by atoms with van der Waals surface area (Å²) in [6.45, 7) is 14.4. The molecule has 0 aromatic heterocycles. The van der Waals surface area contributed by atoms with Gasteiger partial charge in [0.15, 0.2) is 0 Å². The summed E-state index contributed by atoms with van der Waals surface area (Å²) < 4.78 is 17.5. The second-order valence-electron chi connectivity index (χ2n) is 11.1. The van der Waals surface area contributed by atoms with Gasteiger partial charge in [0.05, 0.1) is 13.0 Å². The van der Waals surface area contributed by atoms with Crippen molar-refractivity contribution in [3.05, 3.63) is 60.7 Å². The molecule has 0 saturated heterocycles. The molecule has 0 saturated carbocycles. The summed E-state index contributed by atoms with van der Waals surface area (Å²) in [4.78, 5) is 25.2. The first-order chi connectivity index (χ1) is 16.9. The molecule has 2 rings (SSSR count). The molecule has 6 nitrogen and oxygen atoms in total. The molecular formula is C29H43NO5Si. The largest absolute Gasteiger partial charge is 0.469 e. The van der Waals surface area contributed by atoms with Gasteiger partial charge in [-0.05, 0) is 49.0 Å². The van der Waals surface area contributed by atoms with Crippen molar-refractivity contribution < 1.29 is 23.5 Å². The van der Waals surface area contributed by atoms with Gasteiger partial charge >= 0.3 is 12.1 Å². The van der Waals surface area contributed by atoms with E-state index in [1.165, 1.54) is 17.5 Å². The quantitative estimate of drug-likeness (QED) is 0.356. The minimum absolute atomic E-state index is 0.170. The zero-order valence-electron chi connectivity index (χ0n) is 23.1. The first-order valence-electron chi connectivity index (χ1n) is 12.7. The maximum atomic E-state index is 12.6. The van der Waals surface area contributed by atoms with E-state index in [0.29, 0.717) is 19.4 Å². The highest BCUT2D eigenvalue weighted by molar-refractivity contribution is 6.99. The number of methoxy groups -OCH3 is 1. The first kappa shape index (κ1) is 29.6. The fraction of sp³-hybridized carbons (Fsp3) is 0.517. The van der Waals surface area contributed by atoms with Crippen LogP contribution in [0.25, 0.3) is 0 Å². The predicted molar refractivity (Wildman–Crippen MR) is 147 cm³/mol. The lowest BCUT2D eigenvalue weighted by molar-refractivity contribution is -0.146. The molecule has 1 amide bonds. The topological polar surface area (TPSA) is 73.9 Å². The zero-order valence-corrected chi connectivity index (χ0v) is 24.1. The molecule has 0 fully saturated rings. The number of amides is 1. The van der Waals surface area contributed by atoms with Crippen LogP contribution in [0, 0.1) is 5.92 Å². The normalized spacial score (nSPS) is 14.0. The highest BCUT2D eigenvalue weighted by atomic mass is 28.4. The monoisotopic (exact) mass is 513 g/mol. The molecule has 0 aliphatic carbocycles. The zero-order chi connectivity index (χ0) is 27.0. The molecule has 2 aromatic rings. The first-order valence-corrected chi connectivity index (χ1v) is 14.6. The average molecular weight is 514 g/mol. The predicted octanol–water partition coefficient (Wildman–Crippen LogP) is 5.05. The minimum Gasteiger partial charge on any atom is -0.469 e. The third kappa shape index (κ3) is 7.43. The van der Waals surface area contributed by atoms with E-state index in [2.05, 4.69) is 50.4 Å². The van der Waals surface area contributed by atoms with Gasteiger partial charge in [0.1, 0.15) is 5.60 Å². The molecule has 0 aliphatic rings. The number of nitrogens with one attached hydrogen (secondary N) is 1. The van der Waals surface area contributed by atoms with Crippen LogP contribution in [0.4, 0.5) is 4.79 Å². The molecule has 1 N–H and O–H groups in total. The molecule has 0 radical (unpaired) electrons. The Morgan fingerprint density at radius 2 is 1.39 bits per heavy atom. The van der Waals surface area contributed by atoms with Gasteiger partial charge in [-0.25, -0.2) is 4.79 Å². The Bertz CT molecular complexity index is 927. The molecule has 0 unspecified atom stereocenters. The summed E-state index contributed by atoms with van der Waals surface area (Å²) in [7, 11) is -1.37. The molecule has 0 heterocycles. The lowest BCUT2D eigenvalue weighted by Gasteiger charge is -2.43. The Labute approximate surface area is 217 Å². The maximum absolute atomic E-state index is 12.6. The second-order valence-corrected chi connectivity index (χ2v) is 15.4. The van der Waals surface area contributed by atoms with E-state index in [9.17, 15) is 9.59 Å². The average Bonchev–Trinajstić information content (AvgIpc) is 2.81. The number of alkyl carbamates (subject to hydrolysis) is 1. The Morgan fingerprint density at radius 3 is 1.78 bits per heavy atom. The maximum Gasteiger partial charge on any atom is 0.407 e. The van der Waals surface area contributed by atoms with Crippen molar-refractivity contribution in [3.63, 3.8) is 0 Å². The third-order valence-corrected chi connectivity index (χ3v) is 11.3. The molecular weight excluding hydrogens is 470 g/mol. The number of rotatable bonds is 10. The summed E-state index contributed by atoms with van der Waals surface area (Å²) in [5, 5.41) is 5.11. The van der Waals surface area contributed by atoms with E-state index in [0.717, 1.165) is 0 Å². The van der Waals surface area contributed by atoms with Gasteiger partial charge in [-0.1, -0.05) is 88.4 Å². The number of benzene rings is 2. The number of carbonyl (C=O) groups excluding carboxylic acids is 2. The highest BCUT2D eigenvalue weighted by Gasteiger charge is 2.50. The summed E-state index contributed by atoms with van der Waals surface area (Å²) in [5.74, 6) is -0.866. The van der Waals surface area contributed by atoms with E-state index in [4.69, 9.17) is 13.9 Å². The number of carbonyl (C=O) groups is 2. The fourth-order valence-electron chi connectivity index (χ4n) is 4.70. The lowest BCUT2D eigenvalue weighted by atomic mass is 9.94. The lowest BCUT2D eigenvalue weighted by Crippen LogP contribution is -2.66. The smallest absolute Gasteiger partial charge is 0.407 e. The van der Waals surface area contributed by atoms with Gasteiger partial charge < -0.3 is 19.2 Å².